The van der Waals surface area contributed by atoms with Gasteiger partial charge in [-0.1, -0.05) is 12.1 Å². The lowest BCUT2D eigenvalue weighted by Gasteiger charge is -2.06. The Hall–Kier alpha value is -2.62. The third-order valence-electron chi connectivity index (χ3n) is 3.08. The predicted molar refractivity (Wildman–Crippen MR) is 81.9 cm³/mol. The summed E-state index contributed by atoms with van der Waals surface area (Å²) in [7, 11) is -3.45. The monoisotopic (exact) mass is 356 g/mol. The second kappa shape index (κ2) is 5.48. The Morgan fingerprint density at radius 1 is 1.17 bits per heavy atom. The van der Waals surface area contributed by atoms with E-state index in [2.05, 4.69) is 14.8 Å². The van der Waals surface area contributed by atoms with E-state index in [1.165, 1.54) is 35.0 Å². The van der Waals surface area contributed by atoms with Gasteiger partial charge in [-0.2, -0.15) is 13.2 Å². The van der Waals surface area contributed by atoms with Crippen molar-refractivity contribution >= 4 is 21.4 Å². The summed E-state index contributed by atoms with van der Waals surface area (Å²) < 4.78 is 64.4. The maximum Gasteiger partial charge on any atom is 0.416 e. The molecule has 10 heteroatoms. The number of benzene rings is 1. The molecule has 0 aliphatic heterocycles. The van der Waals surface area contributed by atoms with Gasteiger partial charge in [0.25, 0.3) is 0 Å². The highest BCUT2D eigenvalue weighted by Gasteiger charge is 2.30. The number of anilines is 1. The van der Waals surface area contributed by atoms with Crippen molar-refractivity contribution in [2.45, 2.75) is 6.18 Å². The molecule has 6 nitrogen and oxygen atoms in total. The number of aromatic nitrogens is 3. The van der Waals surface area contributed by atoms with Crippen LogP contribution in [0.25, 0.3) is 17.0 Å². The number of hydrogen-bond donors (Lipinski definition) is 1. The Bertz CT molecular complexity index is 1010. The Morgan fingerprint density at radius 2 is 1.92 bits per heavy atom. The molecular formula is C14H11F3N4O2S. The lowest BCUT2D eigenvalue weighted by atomic mass is 10.1. The Labute approximate surface area is 135 Å². The molecule has 1 aromatic carbocycles. The molecule has 126 valence electrons. The number of nitrogens with zero attached hydrogens (tertiary/aromatic N) is 3. The van der Waals surface area contributed by atoms with Crippen molar-refractivity contribution in [2.75, 3.05) is 11.0 Å². The van der Waals surface area contributed by atoms with E-state index in [-0.39, 0.29) is 17.1 Å². The quantitative estimate of drug-likeness (QED) is 0.783. The lowest BCUT2D eigenvalue weighted by molar-refractivity contribution is -0.137. The highest BCUT2D eigenvalue weighted by atomic mass is 32.2. The van der Waals surface area contributed by atoms with Gasteiger partial charge in [-0.15, -0.1) is 5.10 Å². The van der Waals surface area contributed by atoms with Crippen LogP contribution in [0.2, 0.25) is 0 Å². The summed E-state index contributed by atoms with van der Waals surface area (Å²) >= 11 is 0. The topological polar surface area (TPSA) is 76.4 Å². The first-order valence-corrected chi connectivity index (χ1v) is 8.53. The van der Waals surface area contributed by atoms with Crippen LogP contribution in [0.3, 0.4) is 0 Å². The normalized spacial score (nSPS) is 12.5. The third kappa shape index (κ3) is 3.48. The summed E-state index contributed by atoms with van der Waals surface area (Å²) in [6.45, 7) is 0. The van der Waals surface area contributed by atoms with Gasteiger partial charge < -0.3 is 0 Å². The minimum atomic E-state index is -4.46. The van der Waals surface area contributed by atoms with Crippen LogP contribution in [0, 0.1) is 0 Å². The maximum absolute atomic E-state index is 12.8. The molecular weight excluding hydrogens is 345 g/mol. The van der Waals surface area contributed by atoms with Crippen LogP contribution in [0.1, 0.15) is 5.56 Å². The van der Waals surface area contributed by atoms with Crippen molar-refractivity contribution in [3.8, 4) is 11.4 Å². The van der Waals surface area contributed by atoms with E-state index in [1.807, 2.05) is 0 Å². The van der Waals surface area contributed by atoms with Gasteiger partial charge in [0, 0.05) is 5.56 Å². The van der Waals surface area contributed by atoms with E-state index in [4.69, 9.17) is 0 Å². The molecule has 3 aromatic rings. The van der Waals surface area contributed by atoms with Gasteiger partial charge in [0.15, 0.2) is 11.5 Å². The second-order valence-corrected chi connectivity index (χ2v) is 6.86. The fraction of sp³-hybridized carbons (Fsp3) is 0.143. The molecule has 0 amide bonds. The molecule has 0 spiro atoms. The van der Waals surface area contributed by atoms with Gasteiger partial charge in [-0.3, -0.25) is 4.72 Å². The van der Waals surface area contributed by atoms with E-state index in [1.54, 1.807) is 0 Å². The molecule has 0 saturated carbocycles. The SMILES string of the molecule is CS(=O)(=O)Nc1ccc2nc(-c3cccc(C(F)(F)F)c3)nn2c1. The molecule has 1 N–H and O–H groups in total. The van der Waals surface area contributed by atoms with Crippen molar-refractivity contribution < 1.29 is 21.6 Å². The summed E-state index contributed by atoms with van der Waals surface area (Å²) in [5, 5.41) is 4.10. The molecule has 3 rings (SSSR count). The number of pyridine rings is 1. The molecule has 24 heavy (non-hydrogen) atoms. The highest BCUT2D eigenvalue weighted by molar-refractivity contribution is 7.92. The van der Waals surface area contributed by atoms with Crippen molar-refractivity contribution in [3.63, 3.8) is 0 Å². The van der Waals surface area contributed by atoms with Crippen LogP contribution < -0.4 is 4.72 Å². The Kier molecular flexibility index (Phi) is 3.71. The van der Waals surface area contributed by atoms with Crippen molar-refractivity contribution in [3.05, 3.63) is 48.2 Å². The molecule has 0 fully saturated rings. The molecule has 0 aliphatic rings. The van der Waals surface area contributed by atoms with Crippen molar-refractivity contribution in [1.29, 1.82) is 0 Å². The Balaban J connectivity index is 2.02. The average molecular weight is 356 g/mol. The first kappa shape index (κ1) is 16.2. The van der Waals surface area contributed by atoms with Gasteiger partial charge in [-0.05, 0) is 24.3 Å². The summed E-state index contributed by atoms with van der Waals surface area (Å²) in [6.07, 6.45) is -2.06. The second-order valence-electron chi connectivity index (χ2n) is 5.11. The molecule has 2 aromatic heterocycles. The van der Waals surface area contributed by atoms with Crippen LogP contribution in [-0.2, 0) is 16.2 Å². The fourth-order valence-electron chi connectivity index (χ4n) is 2.11. The van der Waals surface area contributed by atoms with E-state index < -0.39 is 21.8 Å². The van der Waals surface area contributed by atoms with Crippen LogP contribution >= 0.6 is 0 Å². The summed E-state index contributed by atoms with van der Waals surface area (Å²) in [6, 6.07) is 7.68. The van der Waals surface area contributed by atoms with E-state index >= 15 is 0 Å². The molecule has 2 heterocycles. The number of hydrogen-bond acceptors (Lipinski definition) is 4. The summed E-state index contributed by atoms with van der Waals surface area (Å²) in [4.78, 5) is 4.15. The first-order valence-electron chi connectivity index (χ1n) is 6.64. The first-order chi connectivity index (χ1) is 11.1. The van der Waals surface area contributed by atoms with Gasteiger partial charge in [0.05, 0.1) is 23.7 Å². The minimum absolute atomic E-state index is 0.109. The van der Waals surface area contributed by atoms with E-state index in [0.29, 0.717) is 5.65 Å². The third-order valence-corrected chi connectivity index (χ3v) is 3.69. The predicted octanol–water partition coefficient (Wildman–Crippen LogP) is 2.79. The zero-order valence-corrected chi connectivity index (χ0v) is 13.1. The van der Waals surface area contributed by atoms with Crippen LogP contribution in [0.15, 0.2) is 42.6 Å². The van der Waals surface area contributed by atoms with Crippen molar-refractivity contribution in [1.82, 2.24) is 14.6 Å². The van der Waals surface area contributed by atoms with Crippen LogP contribution in [0.4, 0.5) is 18.9 Å². The number of fused-ring (bicyclic) bond motifs is 1. The molecule has 0 atom stereocenters. The van der Waals surface area contributed by atoms with Crippen LogP contribution in [-0.4, -0.2) is 29.3 Å². The molecule has 0 bridgehead atoms. The smallest absolute Gasteiger partial charge is 0.282 e. The summed E-state index contributed by atoms with van der Waals surface area (Å²) in [5.74, 6) is 0.109. The standard InChI is InChI=1S/C14H11F3N4O2S/c1-24(22,23)20-11-5-6-12-18-13(19-21(12)8-11)9-3-2-4-10(7-9)14(15,16)17/h2-8,20H,1H3. The Morgan fingerprint density at radius 3 is 2.58 bits per heavy atom. The van der Waals surface area contributed by atoms with Gasteiger partial charge in [-0.25, -0.2) is 17.9 Å². The van der Waals surface area contributed by atoms with Gasteiger partial charge in [0.2, 0.25) is 10.0 Å². The van der Waals surface area contributed by atoms with E-state index in [9.17, 15) is 21.6 Å². The minimum Gasteiger partial charge on any atom is -0.282 e. The van der Waals surface area contributed by atoms with Crippen LogP contribution in [0.5, 0.6) is 0 Å². The zero-order valence-electron chi connectivity index (χ0n) is 12.2. The highest BCUT2D eigenvalue weighted by Crippen LogP contribution is 2.31. The number of sulfonamides is 1. The molecule has 0 saturated heterocycles. The number of alkyl halides is 3. The fourth-order valence-corrected chi connectivity index (χ4v) is 2.66. The molecule has 0 aliphatic carbocycles. The van der Waals surface area contributed by atoms with Gasteiger partial charge >= 0.3 is 6.18 Å². The zero-order chi connectivity index (χ0) is 17.5. The average Bonchev–Trinajstić information content (AvgIpc) is 2.88. The largest absolute Gasteiger partial charge is 0.416 e. The van der Waals surface area contributed by atoms with Crippen molar-refractivity contribution in [2.24, 2.45) is 0 Å². The molecule has 0 unspecified atom stereocenters. The lowest BCUT2D eigenvalue weighted by Crippen LogP contribution is -2.10. The van der Waals surface area contributed by atoms with E-state index in [0.717, 1.165) is 18.4 Å². The van der Waals surface area contributed by atoms with Gasteiger partial charge in [0.1, 0.15) is 0 Å². The molecule has 0 radical (unpaired) electrons. The number of halogens is 3. The summed E-state index contributed by atoms with van der Waals surface area (Å²) in [5.41, 5.74) is 0.0661. The number of rotatable bonds is 3. The maximum atomic E-state index is 12.8. The number of nitrogens with one attached hydrogen (secondary N) is 1.